The molecule has 0 aliphatic heterocycles. The van der Waals surface area contributed by atoms with E-state index >= 15 is 0 Å². The molecule has 1 saturated carbocycles. The molecule has 1 aromatic carbocycles. The summed E-state index contributed by atoms with van der Waals surface area (Å²) in [4.78, 5) is 19.2. The number of unbranched alkanes of at least 4 members (excludes halogenated alkanes) is 1. The lowest BCUT2D eigenvalue weighted by Gasteiger charge is -2.29. The molecule has 0 bridgehead atoms. The van der Waals surface area contributed by atoms with E-state index in [2.05, 4.69) is 29.7 Å². The van der Waals surface area contributed by atoms with E-state index in [1.165, 1.54) is 5.56 Å². The average Bonchev–Trinajstić information content (AvgIpc) is 3.21. The minimum atomic E-state index is -0.322. The highest BCUT2D eigenvalue weighted by Gasteiger charge is 2.41. The lowest BCUT2D eigenvalue weighted by atomic mass is 9.85. The van der Waals surface area contributed by atoms with E-state index in [4.69, 9.17) is 9.73 Å². The topological polar surface area (TPSA) is 66.0 Å². The molecular formula is C23H39IN4O2. The molecule has 170 valence electrons. The summed E-state index contributed by atoms with van der Waals surface area (Å²) in [6, 6.07) is 10.2. The van der Waals surface area contributed by atoms with Crippen LogP contribution in [0.25, 0.3) is 0 Å². The van der Waals surface area contributed by atoms with Gasteiger partial charge in [0.25, 0.3) is 0 Å². The molecule has 2 N–H and O–H groups in total. The summed E-state index contributed by atoms with van der Waals surface area (Å²) in [5, 5.41) is 6.70. The van der Waals surface area contributed by atoms with E-state index in [1.807, 2.05) is 32.3 Å². The fourth-order valence-corrected chi connectivity index (χ4v) is 3.84. The predicted octanol–water partition coefficient (Wildman–Crippen LogP) is 3.81. The van der Waals surface area contributed by atoms with Crippen LogP contribution in [0, 0.1) is 5.41 Å². The molecular weight excluding hydrogens is 491 g/mol. The van der Waals surface area contributed by atoms with Crippen LogP contribution in [0.1, 0.15) is 51.0 Å². The monoisotopic (exact) mass is 530 g/mol. The lowest BCUT2D eigenvalue weighted by Crippen LogP contribution is -2.43. The van der Waals surface area contributed by atoms with Crippen molar-refractivity contribution in [3.8, 4) is 0 Å². The number of benzene rings is 1. The van der Waals surface area contributed by atoms with Crippen LogP contribution in [0.5, 0.6) is 0 Å². The fourth-order valence-electron chi connectivity index (χ4n) is 3.84. The molecule has 30 heavy (non-hydrogen) atoms. The number of amides is 1. The Bertz CT molecular complexity index is 631. The molecule has 0 unspecified atom stereocenters. The summed E-state index contributed by atoms with van der Waals surface area (Å²) in [6.45, 7) is 5.69. The number of carbonyl (C=O) groups excluding carboxylic acids is 1. The highest BCUT2D eigenvalue weighted by Crippen LogP contribution is 2.39. The Hall–Kier alpha value is -1.35. The number of hydrogen-bond donors (Lipinski definition) is 2. The van der Waals surface area contributed by atoms with Crippen molar-refractivity contribution in [2.24, 2.45) is 10.4 Å². The van der Waals surface area contributed by atoms with Gasteiger partial charge in [-0.15, -0.1) is 24.0 Å². The quantitative estimate of drug-likeness (QED) is 0.198. The molecule has 2 rings (SSSR count). The van der Waals surface area contributed by atoms with E-state index in [0.29, 0.717) is 13.2 Å². The largest absolute Gasteiger partial charge is 0.377 e. The predicted molar refractivity (Wildman–Crippen MR) is 134 cm³/mol. The zero-order valence-corrected chi connectivity index (χ0v) is 21.1. The Morgan fingerprint density at radius 1 is 1.13 bits per heavy atom. The third kappa shape index (κ3) is 8.79. The zero-order valence-electron chi connectivity index (χ0n) is 18.8. The van der Waals surface area contributed by atoms with Crippen molar-refractivity contribution in [2.45, 2.75) is 52.1 Å². The standard InChI is InChI=1S/C23H38N4O2.HI/c1-4-24-22(26-19-23(14-8-9-15-23)21(28)27(2)3)25-16-10-11-17-29-18-20-12-6-5-7-13-20;/h5-7,12-13H,4,8-11,14-19H2,1-3H3,(H2,24,25,26);1H. The van der Waals surface area contributed by atoms with Crippen molar-refractivity contribution in [3.05, 3.63) is 35.9 Å². The first-order valence-corrected chi connectivity index (χ1v) is 10.9. The van der Waals surface area contributed by atoms with E-state index in [-0.39, 0.29) is 35.3 Å². The summed E-state index contributed by atoms with van der Waals surface area (Å²) in [6.07, 6.45) is 6.12. The average molecular weight is 530 g/mol. The van der Waals surface area contributed by atoms with Crippen LogP contribution in [0.15, 0.2) is 35.3 Å². The van der Waals surface area contributed by atoms with Gasteiger partial charge in [-0.2, -0.15) is 0 Å². The van der Waals surface area contributed by atoms with Gasteiger partial charge in [0.1, 0.15) is 0 Å². The zero-order chi connectivity index (χ0) is 21.0. The van der Waals surface area contributed by atoms with Gasteiger partial charge in [0.15, 0.2) is 5.96 Å². The minimum Gasteiger partial charge on any atom is -0.377 e. The molecule has 0 spiro atoms. The maximum Gasteiger partial charge on any atom is 0.230 e. The van der Waals surface area contributed by atoms with Crippen LogP contribution in [0.2, 0.25) is 0 Å². The first-order valence-electron chi connectivity index (χ1n) is 10.9. The van der Waals surface area contributed by atoms with Crippen LogP contribution in [-0.2, 0) is 16.1 Å². The van der Waals surface area contributed by atoms with Crippen molar-refractivity contribution in [1.29, 1.82) is 0 Å². The van der Waals surface area contributed by atoms with E-state index in [9.17, 15) is 4.79 Å². The number of ether oxygens (including phenoxy) is 1. The Balaban J connectivity index is 0.00000450. The third-order valence-electron chi connectivity index (χ3n) is 5.42. The Morgan fingerprint density at radius 2 is 1.83 bits per heavy atom. The molecule has 1 aromatic rings. The van der Waals surface area contributed by atoms with Crippen molar-refractivity contribution >= 4 is 35.8 Å². The van der Waals surface area contributed by atoms with Gasteiger partial charge in [-0.25, -0.2) is 0 Å². The van der Waals surface area contributed by atoms with Crippen LogP contribution in [-0.4, -0.2) is 57.1 Å². The van der Waals surface area contributed by atoms with E-state index < -0.39 is 0 Å². The molecule has 0 saturated heterocycles. The van der Waals surface area contributed by atoms with Gasteiger partial charge in [-0.3, -0.25) is 9.79 Å². The Morgan fingerprint density at radius 3 is 2.47 bits per heavy atom. The van der Waals surface area contributed by atoms with Crippen molar-refractivity contribution in [2.75, 3.05) is 40.3 Å². The number of hydrogen-bond acceptors (Lipinski definition) is 3. The molecule has 1 amide bonds. The summed E-state index contributed by atoms with van der Waals surface area (Å²) in [5.41, 5.74) is 0.886. The maximum atomic E-state index is 12.7. The number of carbonyl (C=O) groups is 1. The molecule has 1 fully saturated rings. The molecule has 0 radical (unpaired) electrons. The van der Waals surface area contributed by atoms with Gasteiger partial charge in [-0.05, 0) is 38.2 Å². The second kappa shape index (κ2) is 14.6. The lowest BCUT2D eigenvalue weighted by molar-refractivity contribution is -0.138. The summed E-state index contributed by atoms with van der Waals surface area (Å²) >= 11 is 0. The molecule has 6 nitrogen and oxygen atoms in total. The molecule has 7 heteroatoms. The van der Waals surface area contributed by atoms with Gasteiger partial charge < -0.3 is 20.3 Å². The number of guanidine groups is 1. The second-order valence-electron chi connectivity index (χ2n) is 8.05. The first-order chi connectivity index (χ1) is 14.1. The van der Waals surface area contributed by atoms with Gasteiger partial charge in [0.2, 0.25) is 5.91 Å². The van der Waals surface area contributed by atoms with Crippen LogP contribution in [0.4, 0.5) is 0 Å². The van der Waals surface area contributed by atoms with E-state index in [0.717, 1.165) is 64.2 Å². The normalized spacial score (nSPS) is 15.4. The number of halogens is 1. The van der Waals surface area contributed by atoms with Gasteiger partial charge in [0.05, 0.1) is 18.6 Å². The SMILES string of the molecule is CCNC(=NCC1(C(=O)N(C)C)CCCC1)NCCCCOCc1ccccc1.I. The fraction of sp³-hybridized carbons (Fsp3) is 0.652. The van der Waals surface area contributed by atoms with Crippen molar-refractivity contribution in [1.82, 2.24) is 15.5 Å². The molecule has 1 aliphatic rings. The number of rotatable bonds is 11. The van der Waals surface area contributed by atoms with Gasteiger partial charge in [-0.1, -0.05) is 43.2 Å². The van der Waals surface area contributed by atoms with Crippen LogP contribution in [0.3, 0.4) is 0 Å². The smallest absolute Gasteiger partial charge is 0.230 e. The van der Waals surface area contributed by atoms with Crippen molar-refractivity contribution in [3.63, 3.8) is 0 Å². The maximum absolute atomic E-state index is 12.7. The van der Waals surface area contributed by atoms with Crippen LogP contribution < -0.4 is 10.6 Å². The minimum absolute atomic E-state index is 0. The summed E-state index contributed by atoms with van der Waals surface area (Å²) in [5.74, 6) is 1.01. The summed E-state index contributed by atoms with van der Waals surface area (Å²) in [7, 11) is 3.69. The summed E-state index contributed by atoms with van der Waals surface area (Å²) < 4.78 is 5.74. The second-order valence-corrected chi connectivity index (χ2v) is 8.05. The highest BCUT2D eigenvalue weighted by atomic mass is 127. The van der Waals surface area contributed by atoms with Crippen LogP contribution >= 0.6 is 24.0 Å². The van der Waals surface area contributed by atoms with Crippen molar-refractivity contribution < 1.29 is 9.53 Å². The molecule has 0 heterocycles. The third-order valence-corrected chi connectivity index (χ3v) is 5.42. The molecule has 1 aliphatic carbocycles. The number of nitrogens with one attached hydrogen (secondary N) is 2. The number of nitrogens with zero attached hydrogens (tertiary/aromatic N) is 2. The Kier molecular flexibility index (Phi) is 13.0. The first kappa shape index (κ1) is 26.7. The molecule has 0 atom stereocenters. The number of aliphatic imine (C=N–C) groups is 1. The highest BCUT2D eigenvalue weighted by molar-refractivity contribution is 14.0. The van der Waals surface area contributed by atoms with Gasteiger partial charge in [0, 0.05) is 33.8 Å². The van der Waals surface area contributed by atoms with E-state index in [1.54, 1.807) is 4.90 Å². The Labute approximate surface area is 199 Å². The molecule has 0 aromatic heterocycles. The van der Waals surface area contributed by atoms with Gasteiger partial charge >= 0.3 is 0 Å².